The molecule has 7 heteroatoms. The van der Waals surface area contributed by atoms with E-state index in [4.69, 9.17) is 11.6 Å². The van der Waals surface area contributed by atoms with Crippen molar-refractivity contribution in [1.29, 1.82) is 0 Å². The van der Waals surface area contributed by atoms with Crippen molar-refractivity contribution >= 4 is 49.3 Å². The zero-order chi connectivity index (χ0) is 13.3. The molecule has 1 fully saturated rings. The maximum Gasteiger partial charge on any atom is 0.244 e. The summed E-state index contributed by atoms with van der Waals surface area (Å²) in [5.74, 6) is 0.828. The molecule has 0 N–H and O–H groups in total. The number of hydrogen-bond acceptors (Lipinski definition) is 3. The van der Waals surface area contributed by atoms with Gasteiger partial charge in [0.15, 0.2) is 0 Å². The maximum atomic E-state index is 12.5. The Morgan fingerprint density at radius 1 is 1.50 bits per heavy atom. The van der Waals surface area contributed by atoms with Gasteiger partial charge in [-0.25, -0.2) is 8.42 Å². The normalized spacial score (nSPS) is 22.1. The fourth-order valence-electron chi connectivity index (χ4n) is 1.83. The predicted molar refractivity (Wildman–Crippen MR) is 79.8 cm³/mol. The van der Waals surface area contributed by atoms with Crippen LogP contribution in [0.1, 0.15) is 6.92 Å². The van der Waals surface area contributed by atoms with E-state index in [0.29, 0.717) is 18.3 Å². The van der Waals surface area contributed by atoms with Crippen molar-refractivity contribution in [3.63, 3.8) is 0 Å². The van der Waals surface area contributed by atoms with E-state index < -0.39 is 10.0 Å². The van der Waals surface area contributed by atoms with E-state index in [9.17, 15) is 8.42 Å². The lowest BCUT2D eigenvalue weighted by molar-refractivity contribution is 0.424. The fraction of sp³-hybridized carbons (Fsp3) is 0.455. The van der Waals surface area contributed by atoms with Crippen LogP contribution >= 0.6 is 39.3 Å². The summed E-state index contributed by atoms with van der Waals surface area (Å²) in [5.41, 5.74) is 0. The van der Waals surface area contributed by atoms with Crippen molar-refractivity contribution in [2.24, 2.45) is 0 Å². The van der Waals surface area contributed by atoms with Crippen LogP contribution in [0.25, 0.3) is 0 Å². The number of sulfonamides is 1. The number of rotatable bonds is 2. The van der Waals surface area contributed by atoms with Gasteiger partial charge in [-0.15, -0.1) is 0 Å². The van der Waals surface area contributed by atoms with Crippen molar-refractivity contribution in [2.45, 2.75) is 17.1 Å². The summed E-state index contributed by atoms with van der Waals surface area (Å²) < 4.78 is 27.3. The molecule has 100 valence electrons. The van der Waals surface area contributed by atoms with Gasteiger partial charge >= 0.3 is 0 Å². The minimum atomic E-state index is -3.48. The lowest BCUT2D eigenvalue weighted by atomic mass is 10.4. The molecule has 0 amide bonds. The highest BCUT2D eigenvalue weighted by Gasteiger charge is 2.30. The summed E-state index contributed by atoms with van der Waals surface area (Å²) in [6.45, 7) is 3.12. The van der Waals surface area contributed by atoms with E-state index in [0.717, 1.165) is 10.2 Å². The molecule has 0 saturated carbocycles. The van der Waals surface area contributed by atoms with E-state index in [1.165, 1.54) is 4.31 Å². The van der Waals surface area contributed by atoms with Crippen molar-refractivity contribution in [2.75, 3.05) is 18.8 Å². The Morgan fingerprint density at radius 3 is 2.83 bits per heavy atom. The standard InChI is InChI=1S/C11H13BrClNO2S2/c1-8-7-14(4-5-17-8)18(15,16)11-3-2-9(12)6-10(11)13/h2-3,6,8H,4-5,7H2,1H3. The Labute approximate surface area is 125 Å². The molecule has 2 rings (SSSR count). The quantitative estimate of drug-likeness (QED) is 0.802. The number of hydrogen-bond donors (Lipinski definition) is 0. The third kappa shape index (κ3) is 3.04. The molecule has 0 bridgehead atoms. The topological polar surface area (TPSA) is 37.4 Å². The van der Waals surface area contributed by atoms with Crippen LogP contribution in [-0.4, -0.2) is 36.8 Å². The van der Waals surface area contributed by atoms with Gasteiger partial charge in [-0.3, -0.25) is 0 Å². The first kappa shape index (κ1) is 14.7. The van der Waals surface area contributed by atoms with Crippen LogP contribution in [0.4, 0.5) is 0 Å². The monoisotopic (exact) mass is 369 g/mol. The van der Waals surface area contributed by atoms with Crippen molar-refractivity contribution < 1.29 is 8.42 Å². The highest BCUT2D eigenvalue weighted by Crippen LogP contribution is 2.30. The van der Waals surface area contributed by atoms with Crippen LogP contribution < -0.4 is 0 Å². The Bertz CT molecular complexity index is 550. The van der Waals surface area contributed by atoms with Crippen LogP contribution in [0.2, 0.25) is 5.02 Å². The largest absolute Gasteiger partial charge is 0.244 e. The Morgan fingerprint density at radius 2 is 2.22 bits per heavy atom. The molecule has 1 aromatic rings. The van der Waals surface area contributed by atoms with E-state index in [2.05, 4.69) is 15.9 Å². The highest BCUT2D eigenvalue weighted by molar-refractivity contribution is 9.10. The molecule has 1 atom stereocenters. The van der Waals surface area contributed by atoms with Gasteiger partial charge in [0, 0.05) is 28.6 Å². The Kier molecular flexibility index (Phi) is 4.65. The predicted octanol–water partition coefficient (Wildman–Crippen LogP) is 3.23. The molecule has 0 spiro atoms. The lowest BCUT2D eigenvalue weighted by Crippen LogP contribution is -2.41. The molecule has 0 radical (unpaired) electrons. The second-order valence-corrected chi connectivity index (χ2v) is 8.89. The molecule has 1 heterocycles. The molecule has 18 heavy (non-hydrogen) atoms. The van der Waals surface area contributed by atoms with Crippen molar-refractivity contribution in [3.05, 3.63) is 27.7 Å². The molecule has 1 saturated heterocycles. The van der Waals surface area contributed by atoms with Gasteiger partial charge in [-0.1, -0.05) is 34.5 Å². The third-order valence-electron chi connectivity index (χ3n) is 2.72. The summed E-state index contributed by atoms with van der Waals surface area (Å²) in [7, 11) is -3.48. The molecular formula is C11H13BrClNO2S2. The van der Waals surface area contributed by atoms with Crippen LogP contribution in [0.5, 0.6) is 0 Å². The van der Waals surface area contributed by atoms with E-state index in [-0.39, 0.29) is 9.92 Å². The van der Waals surface area contributed by atoms with E-state index in [1.807, 2.05) is 6.92 Å². The molecule has 1 aliphatic heterocycles. The first-order chi connectivity index (χ1) is 8.41. The summed E-state index contributed by atoms with van der Waals surface area (Å²) in [6.07, 6.45) is 0. The van der Waals surface area contributed by atoms with E-state index >= 15 is 0 Å². The summed E-state index contributed by atoms with van der Waals surface area (Å²) in [4.78, 5) is 0.187. The average molecular weight is 371 g/mol. The van der Waals surface area contributed by atoms with E-state index in [1.54, 1.807) is 30.0 Å². The zero-order valence-electron chi connectivity index (χ0n) is 9.77. The first-order valence-corrected chi connectivity index (χ1v) is 9.14. The van der Waals surface area contributed by atoms with Gasteiger partial charge < -0.3 is 0 Å². The average Bonchev–Trinajstić information content (AvgIpc) is 2.28. The number of nitrogens with zero attached hydrogens (tertiary/aromatic N) is 1. The van der Waals surface area contributed by atoms with Gasteiger partial charge in [-0.2, -0.15) is 16.1 Å². The molecule has 1 aromatic carbocycles. The number of benzene rings is 1. The number of thioether (sulfide) groups is 1. The number of halogens is 2. The van der Waals surface area contributed by atoms with Crippen molar-refractivity contribution in [3.8, 4) is 0 Å². The van der Waals surface area contributed by atoms with Gasteiger partial charge in [0.05, 0.1) is 5.02 Å². The second-order valence-electron chi connectivity index (χ2n) is 4.12. The van der Waals surface area contributed by atoms with Crippen molar-refractivity contribution in [1.82, 2.24) is 4.31 Å². The summed E-state index contributed by atoms with van der Waals surface area (Å²) >= 11 is 11.1. The van der Waals surface area contributed by atoms with Gasteiger partial charge in [-0.05, 0) is 18.2 Å². The molecule has 1 unspecified atom stereocenters. The molecule has 0 aromatic heterocycles. The van der Waals surface area contributed by atoms with Gasteiger partial charge in [0.2, 0.25) is 10.0 Å². The molecule has 0 aliphatic carbocycles. The maximum absolute atomic E-state index is 12.5. The second kappa shape index (κ2) is 5.71. The molecule has 3 nitrogen and oxygen atoms in total. The van der Waals surface area contributed by atoms with Gasteiger partial charge in [0.1, 0.15) is 4.90 Å². The SMILES string of the molecule is CC1CN(S(=O)(=O)c2ccc(Br)cc2Cl)CCS1. The highest BCUT2D eigenvalue weighted by atomic mass is 79.9. The summed E-state index contributed by atoms with van der Waals surface area (Å²) in [6, 6.07) is 4.85. The Balaban J connectivity index is 2.35. The van der Waals surface area contributed by atoms with Crippen LogP contribution in [0.3, 0.4) is 0 Å². The lowest BCUT2D eigenvalue weighted by Gasteiger charge is -2.29. The first-order valence-electron chi connectivity index (χ1n) is 5.48. The zero-order valence-corrected chi connectivity index (χ0v) is 13.7. The Hall–Kier alpha value is 0.250. The molecule has 1 aliphatic rings. The van der Waals surface area contributed by atoms with Crippen LogP contribution in [0, 0.1) is 0 Å². The van der Waals surface area contributed by atoms with Crippen LogP contribution in [0.15, 0.2) is 27.6 Å². The smallest absolute Gasteiger partial charge is 0.207 e. The van der Waals surface area contributed by atoms with Gasteiger partial charge in [0.25, 0.3) is 0 Å². The van der Waals surface area contributed by atoms with Crippen LogP contribution in [-0.2, 0) is 10.0 Å². The fourth-order valence-corrected chi connectivity index (χ4v) is 5.59. The third-order valence-corrected chi connectivity index (χ3v) is 6.69. The summed E-state index contributed by atoms with van der Waals surface area (Å²) in [5, 5.41) is 0.581. The minimum absolute atomic E-state index is 0.187. The minimum Gasteiger partial charge on any atom is -0.207 e. The molecular weight excluding hydrogens is 358 g/mol.